The van der Waals surface area contributed by atoms with Crippen molar-refractivity contribution in [2.24, 2.45) is 5.92 Å². The van der Waals surface area contributed by atoms with Gasteiger partial charge in [-0.25, -0.2) is 0 Å². The zero-order valence-electron chi connectivity index (χ0n) is 13.4. The minimum absolute atomic E-state index is 0.211. The summed E-state index contributed by atoms with van der Waals surface area (Å²) < 4.78 is 5.90. The fourth-order valence-corrected chi connectivity index (χ4v) is 3.14. The number of ether oxygens (including phenoxy) is 1. The fourth-order valence-electron chi connectivity index (χ4n) is 3.14. The van der Waals surface area contributed by atoms with Gasteiger partial charge in [-0.2, -0.15) is 0 Å². The Bertz CT molecular complexity index is 404. The van der Waals surface area contributed by atoms with E-state index in [9.17, 15) is 0 Å². The Morgan fingerprint density at radius 1 is 1.15 bits per heavy atom. The van der Waals surface area contributed by atoms with Crippen molar-refractivity contribution in [1.82, 2.24) is 5.32 Å². The lowest BCUT2D eigenvalue weighted by molar-refractivity contribution is 0.263. The molecule has 0 aromatic heterocycles. The third-order valence-corrected chi connectivity index (χ3v) is 4.51. The van der Waals surface area contributed by atoms with Crippen LogP contribution in [0, 0.1) is 5.92 Å². The first-order valence-corrected chi connectivity index (χ1v) is 7.91. The molecule has 2 heteroatoms. The van der Waals surface area contributed by atoms with Gasteiger partial charge in [-0.05, 0) is 55.3 Å². The van der Waals surface area contributed by atoms with Crippen molar-refractivity contribution >= 4 is 0 Å². The standard InChI is InChI=1S/C18H29NO/c1-18(2,3)15-8-10-16(11-9-15)20-13-12-14-6-5-7-17(14)19-4/h8-11,14,17,19H,5-7,12-13H2,1-4H3. The summed E-state index contributed by atoms with van der Waals surface area (Å²) >= 11 is 0. The lowest BCUT2D eigenvalue weighted by atomic mass is 9.87. The summed E-state index contributed by atoms with van der Waals surface area (Å²) in [4.78, 5) is 0. The van der Waals surface area contributed by atoms with Gasteiger partial charge in [0.15, 0.2) is 0 Å². The molecule has 112 valence electrons. The summed E-state index contributed by atoms with van der Waals surface area (Å²) in [6.45, 7) is 7.54. The second-order valence-corrected chi connectivity index (χ2v) is 7.00. The molecule has 1 fully saturated rings. The van der Waals surface area contributed by atoms with E-state index in [1.807, 2.05) is 0 Å². The molecule has 0 heterocycles. The summed E-state index contributed by atoms with van der Waals surface area (Å²) in [5.74, 6) is 1.78. The molecule has 1 aromatic carbocycles. The van der Waals surface area contributed by atoms with Crippen molar-refractivity contribution in [1.29, 1.82) is 0 Å². The van der Waals surface area contributed by atoms with Crippen LogP contribution in [0.15, 0.2) is 24.3 Å². The monoisotopic (exact) mass is 275 g/mol. The summed E-state index contributed by atoms with van der Waals surface area (Å²) in [6, 6.07) is 9.26. The molecular formula is C18H29NO. The summed E-state index contributed by atoms with van der Waals surface area (Å²) in [7, 11) is 2.08. The molecule has 0 amide bonds. The molecule has 2 atom stereocenters. The van der Waals surface area contributed by atoms with Gasteiger partial charge in [0.1, 0.15) is 5.75 Å². The molecule has 0 aliphatic heterocycles. The van der Waals surface area contributed by atoms with Crippen LogP contribution in [0.1, 0.15) is 52.0 Å². The maximum atomic E-state index is 5.90. The van der Waals surface area contributed by atoms with E-state index in [1.165, 1.54) is 24.8 Å². The minimum atomic E-state index is 0.211. The molecule has 0 radical (unpaired) electrons. The molecule has 2 nitrogen and oxygen atoms in total. The van der Waals surface area contributed by atoms with Crippen LogP contribution in [-0.4, -0.2) is 19.7 Å². The van der Waals surface area contributed by atoms with E-state index < -0.39 is 0 Å². The normalized spacial score (nSPS) is 23.0. The quantitative estimate of drug-likeness (QED) is 0.872. The molecule has 1 N–H and O–H groups in total. The molecule has 1 aromatic rings. The van der Waals surface area contributed by atoms with E-state index >= 15 is 0 Å². The third kappa shape index (κ3) is 3.99. The van der Waals surface area contributed by atoms with Crippen LogP contribution in [0.25, 0.3) is 0 Å². The largest absolute Gasteiger partial charge is 0.494 e. The first kappa shape index (κ1) is 15.4. The predicted molar refractivity (Wildman–Crippen MR) is 85.4 cm³/mol. The highest BCUT2D eigenvalue weighted by atomic mass is 16.5. The lowest BCUT2D eigenvalue weighted by Crippen LogP contribution is -2.29. The van der Waals surface area contributed by atoms with Gasteiger partial charge in [-0.3, -0.25) is 0 Å². The summed E-state index contributed by atoms with van der Waals surface area (Å²) in [5.41, 5.74) is 1.57. The Hall–Kier alpha value is -1.02. The smallest absolute Gasteiger partial charge is 0.119 e. The SMILES string of the molecule is CNC1CCCC1CCOc1ccc(C(C)(C)C)cc1. The van der Waals surface area contributed by atoms with Gasteiger partial charge in [-0.1, -0.05) is 39.3 Å². The van der Waals surface area contributed by atoms with Crippen LogP contribution < -0.4 is 10.1 Å². The predicted octanol–water partition coefficient (Wildman–Crippen LogP) is 4.14. The molecule has 1 aliphatic carbocycles. The maximum absolute atomic E-state index is 5.90. The van der Waals surface area contributed by atoms with Crippen molar-refractivity contribution in [3.63, 3.8) is 0 Å². The second kappa shape index (κ2) is 6.62. The van der Waals surface area contributed by atoms with Crippen molar-refractivity contribution in [2.75, 3.05) is 13.7 Å². The molecule has 0 spiro atoms. The first-order chi connectivity index (χ1) is 9.50. The van der Waals surface area contributed by atoms with Crippen LogP contribution in [0.5, 0.6) is 5.75 Å². The highest BCUT2D eigenvalue weighted by molar-refractivity contribution is 5.31. The molecule has 2 rings (SSSR count). The number of hydrogen-bond acceptors (Lipinski definition) is 2. The number of rotatable bonds is 5. The van der Waals surface area contributed by atoms with Crippen molar-refractivity contribution in [3.05, 3.63) is 29.8 Å². The van der Waals surface area contributed by atoms with E-state index in [1.54, 1.807) is 0 Å². The second-order valence-electron chi connectivity index (χ2n) is 7.00. The Balaban J connectivity index is 1.80. The zero-order chi connectivity index (χ0) is 14.6. The van der Waals surface area contributed by atoms with E-state index in [0.717, 1.165) is 24.7 Å². The molecule has 0 bridgehead atoms. The van der Waals surface area contributed by atoms with Crippen molar-refractivity contribution in [2.45, 2.75) is 57.9 Å². The van der Waals surface area contributed by atoms with E-state index in [4.69, 9.17) is 4.74 Å². The van der Waals surface area contributed by atoms with Crippen molar-refractivity contribution < 1.29 is 4.74 Å². The number of benzene rings is 1. The van der Waals surface area contributed by atoms with E-state index in [-0.39, 0.29) is 5.41 Å². The zero-order valence-corrected chi connectivity index (χ0v) is 13.4. The average Bonchev–Trinajstić information content (AvgIpc) is 2.86. The van der Waals surface area contributed by atoms with Gasteiger partial charge < -0.3 is 10.1 Å². The Morgan fingerprint density at radius 3 is 2.45 bits per heavy atom. The first-order valence-electron chi connectivity index (χ1n) is 7.91. The van der Waals surface area contributed by atoms with Gasteiger partial charge >= 0.3 is 0 Å². The van der Waals surface area contributed by atoms with Crippen LogP contribution in [0.4, 0.5) is 0 Å². The Labute approximate surface area is 123 Å². The number of nitrogens with one attached hydrogen (secondary N) is 1. The van der Waals surface area contributed by atoms with Crippen LogP contribution >= 0.6 is 0 Å². The van der Waals surface area contributed by atoms with Crippen LogP contribution in [0.2, 0.25) is 0 Å². The van der Waals surface area contributed by atoms with E-state index in [0.29, 0.717) is 6.04 Å². The highest BCUT2D eigenvalue weighted by Gasteiger charge is 2.25. The molecule has 2 unspecified atom stereocenters. The van der Waals surface area contributed by atoms with Gasteiger partial charge in [0.05, 0.1) is 6.61 Å². The number of hydrogen-bond donors (Lipinski definition) is 1. The molecular weight excluding hydrogens is 246 g/mol. The lowest BCUT2D eigenvalue weighted by Gasteiger charge is -2.20. The fraction of sp³-hybridized carbons (Fsp3) is 0.667. The maximum Gasteiger partial charge on any atom is 0.119 e. The Kier molecular flexibility index (Phi) is 5.09. The topological polar surface area (TPSA) is 21.3 Å². The van der Waals surface area contributed by atoms with Gasteiger partial charge in [0, 0.05) is 6.04 Å². The third-order valence-electron chi connectivity index (χ3n) is 4.51. The Morgan fingerprint density at radius 2 is 1.85 bits per heavy atom. The summed E-state index contributed by atoms with van der Waals surface area (Å²) in [6.07, 6.45) is 5.18. The molecule has 1 saturated carbocycles. The van der Waals surface area contributed by atoms with Crippen molar-refractivity contribution in [3.8, 4) is 5.75 Å². The summed E-state index contributed by atoms with van der Waals surface area (Å²) in [5, 5.41) is 3.43. The minimum Gasteiger partial charge on any atom is -0.494 e. The van der Waals surface area contributed by atoms with Gasteiger partial charge in [0.2, 0.25) is 0 Å². The van der Waals surface area contributed by atoms with E-state index in [2.05, 4.69) is 57.4 Å². The van der Waals surface area contributed by atoms with Gasteiger partial charge in [0.25, 0.3) is 0 Å². The molecule has 0 saturated heterocycles. The molecule has 1 aliphatic rings. The highest BCUT2D eigenvalue weighted by Crippen LogP contribution is 2.29. The van der Waals surface area contributed by atoms with Gasteiger partial charge in [-0.15, -0.1) is 0 Å². The molecule has 20 heavy (non-hydrogen) atoms. The van der Waals surface area contributed by atoms with Crippen LogP contribution in [0.3, 0.4) is 0 Å². The van der Waals surface area contributed by atoms with Crippen LogP contribution in [-0.2, 0) is 5.41 Å². The average molecular weight is 275 g/mol.